The number of hydrogen-bond donors (Lipinski definition) is 1. The molecule has 1 N–H and O–H groups in total. The molecule has 0 spiro atoms. The summed E-state index contributed by atoms with van der Waals surface area (Å²) in [4.78, 5) is 29.3. The summed E-state index contributed by atoms with van der Waals surface area (Å²) in [5.74, 6) is -0.359. The summed E-state index contributed by atoms with van der Waals surface area (Å²) in [7, 11) is 5.41. The first-order valence-electron chi connectivity index (χ1n) is 9.23. The molecule has 3 rings (SSSR count). The van der Waals surface area contributed by atoms with E-state index in [-0.39, 0.29) is 29.2 Å². The van der Waals surface area contributed by atoms with Crippen molar-refractivity contribution in [3.63, 3.8) is 0 Å². The smallest absolute Gasteiger partial charge is 0.258 e. The van der Waals surface area contributed by atoms with Crippen molar-refractivity contribution in [1.29, 1.82) is 0 Å². The Balaban J connectivity index is 2.12. The van der Waals surface area contributed by atoms with E-state index in [1.54, 1.807) is 18.0 Å². The molecule has 6 nitrogen and oxygen atoms in total. The molecule has 0 fully saturated rings. The molecule has 3 aromatic rings. The van der Waals surface area contributed by atoms with Gasteiger partial charge in [0.1, 0.15) is 5.75 Å². The molecule has 0 aliphatic heterocycles. The maximum atomic E-state index is 13.0. The molecule has 28 heavy (non-hydrogen) atoms. The third kappa shape index (κ3) is 3.33. The fraction of sp³-hybridized carbons (Fsp3) is 0.273. The summed E-state index contributed by atoms with van der Waals surface area (Å²) < 4.78 is 1.49. The zero-order valence-corrected chi connectivity index (χ0v) is 16.6. The third-order valence-electron chi connectivity index (χ3n) is 4.96. The second-order valence-corrected chi connectivity index (χ2v) is 6.91. The molecular weight excluding hydrogens is 354 g/mol. The standard InChI is InChI=1S/C22H25N3O3/c1-5-25(15-10-7-6-8-11-15)19(26)14-16-21(27)20-17(23(2)3)12-9-13-18(20)24(4)22(16)28/h6-13,27H,5,14H2,1-4H3. The minimum atomic E-state index is -0.363. The quantitative estimate of drug-likeness (QED) is 0.740. The Morgan fingerprint density at radius 2 is 1.75 bits per heavy atom. The van der Waals surface area contributed by atoms with Crippen LogP contribution in [-0.2, 0) is 18.3 Å². The maximum Gasteiger partial charge on any atom is 0.258 e. The van der Waals surface area contributed by atoms with Crippen LogP contribution in [0.5, 0.6) is 5.75 Å². The Morgan fingerprint density at radius 3 is 2.36 bits per heavy atom. The van der Waals surface area contributed by atoms with Crippen LogP contribution in [0.1, 0.15) is 12.5 Å². The maximum absolute atomic E-state index is 13.0. The first-order chi connectivity index (χ1) is 13.4. The first-order valence-corrected chi connectivity index (χ1v) is 9.23. The summed E-state index contributed by atoms with van der Waals surface area (Å²) >= 11 is 0. The zero-order chi connectivity index (χ0) is 20.4. The number of hydrogen-bond acceptors (Lipinski definition) is 4. The van der Waals surface area contributed by atoms with Crippen molar-refractivity contribution in [2.75, 3.05) is 30.4 Å². The average molecular weight is 379 g/mol. The molecule has 1 amide bonds. The number of pyridine rings is 1. The monoisotopic (exact) mass is 379 g/mol. The highest BCUT2D eigenvalue weighted by molar-refractivity contribution is 6.00. The van der Waals surface area contributed by atoms with Gasteiger partial charge < -0.3 is 19.5 Å². The van der Waals surface area contributed by atoms with E-state index in [2.05, 4.69) is 0 Å². The summed E-state index contributed by atoms with van der Waals surface area (Å²) in [6.07, 6.45) is -0.168. The highest BCUT2D eigenvalue weighted by Gasteiger charge is 2.22. The van der Waals surface area contributed by atoms with Gasteiger partial charge in [-0.15, -0.1) is 0 Å². The van der Waals surface area contributed by atoms with Gasteiger partial charge in [-0.2, -0.15) is 0 Å². The molecule has 2 aromatic carbocycles. The van der Waals surface area contributed by atoms with Crippen LogP contribution >= 0.6 is 0 Å². The van der Waals surface area contributed by atoms with Crippen molar-refractivity contribution in [3.8, 4) is 5.75 Å². The van der Waals surface area contributed by atoms with Gasteiger partial charge in [-0.25, -0.2) is 0 Å². The lowest BCUT2D eigenvalue weighted by atomic mass is 10.0. The average Bonchev–Trinajstić information content (AvgIpc) is 2.70. The van der Waals surface area contributed by atoms with Crippen LogP contribution in [-0.4, -0.2) is 36.2 Å². The molecule has 1 aromatic heterocycles. The Morgan fingerprint density at radius 1 is 1.07 bits per heavy atom. The lowest BCUT2D eigenvalue weighted by Gasteiger charge is -2.22. The molecule has 0 atom stereocenters. The van der Waals surface area contributed by atoms with Gasteiger partial charge in [0.05, 0.1) is 22.9 Å². The number of aromatic hydroxyl groups is 1. The van der Waals surface area contributed by atoms with Gasteiger partial charge >= 0.3 is 0 Å². The fourth-order valence-electron chi connectivity index (χ4n) is 3.50. The normalized spacial score (nSPS) is 10.9. The van der Waals surface area contributed by atoms with Crippen LogP contribution in [0, 0.1) is 0 Å². The molecule has 6 heteroatoms. The van der Waals surface area contributed by atoms with Crippen molar-refractivity contribution >= 4 is 28.2 Å². The van der Waals surface area contributed by atoms with Gasteiger partial charge in [-0.3, -0.25) is 9.59 Å². The van der Waals surface area contributed by atoms with Crippen molar-refractivity contribution in [1.82, 2.24) is 4.57 Å². The van der Waals surface area contributed by atoms with Crippen LogP contribution in [0.15, 0.2) is 53.3 Å². The van der Waals surface area contributed by atoms with E-state index in [0.717, 1.165) is 11.4 Å². The number of nitrogens with zero attached hydrogens (tertiary/aromatic N) is 3. The molecule has 0 saturated carbocycles. The molecule has 1 heterocycles. The summed E-state index contributed by atoms with van der Waals surface area (Å²) in [5, 5.41) is 11.5. The Kier molecular flexibility index (Phi) is 5.40. The SMILES string of the molecule is CCN(C(=O)Cc1c(O)c2c(N(C)C)cccc2n(C)c1=O)c1ccccc1. The van der Waals surface area contributed by atoms with E-state index in [9.17, 15) is 14.7 Å². The van der Waals surface area contributed by atoms with Crippen LogP contribution < -0.4 is 15.4 Å². The van der Waals surface area contributed by atoms with Crippen molar-refractivity contribution in [3.05, 3.63) is 64.4 Å². The largest absolute Gasteiger partial charge is 0.507 e. The van der Waals surface area contributed by atoms with Gasteiger partial charge in [0, 0.05) is 39.1 Å². The number of aromatic nitrogens is 1. The van der Waals surface area contributed by atoms with Gasteiger partial charge in [0.2, 0.25) is 5.91 Å². The fourth-order valence-corrected chi connectivity index (χ4v) is 3.50. The third-order valence-corrected chi connectivity index (χ3v) is 4.96. The van der Waals surface area contributed by atoms with Crippen LogP contribution in [0.3, 0.4) is 0 Å². The lowest BCUT2D eigenvalue weighted by molar-refractivity contribution is -0.118. The van der Waals surface area contributed by atoms with E-state index in [0.29, 0.717) is 17.4 Å². The topological polar surface area (TPSA) is 65.8 Å². The summed E-state index contributed by atoms with van der Waals surface area (Å²) in [6, 6.07) is 14.8. The molecular formula is C22H25N3O3. The van der Waals surface area contributed by atoms with Gasteiger partial charge in [-0.05, 0) is 31.2 Å². The molecule has 0 saturated heterocycles. The van der Waals surface area contributed by atoms with Gasteiger partial charge in [0.15, 0.2) is 0 Å². The van der Waals surface area contributed by atoms with Crippen LogP contribution in [0.2, 0.25) is 0 Å². The number of rotatable bonds is 5. The van der Waals surface area contributed by atoms with Crippen LogP contribution in [0.4, 0.5) is 11.4 Å². The van der Waals surface area contributed by atoms with E-state index >= 15 is 0 Å². The number of anilines is 2. The summed E-state index contributed by atoms with van der Waals surface area (Å²) in [5.41, 5.74) is 1.93. The second-order valence-electron chi connectivity index (χ2n) is 6.91. The molecule has 0 bridgehead atoms. The lowest BCUT2D eigenvalue weighted by Crippen LogP contribution is -2.34. The van der Waals surface area contributed by atoms with E-state index in [4.69, 9.17) is 0 Å². The highest BCUT2D eigenvalue weighted by atomic mass is 16.3. The number of benzene rings is 2. The van der Waals surface area contributed by atoms with E-state index < -0.39 is 0 Å². The molecule has 0 unspecified atom stereocenters. The first kappa shape index (κ1) is 19.5. The number of amides is 1. The second kappa shape index (κ2) is 7.76. The van der Waals surface area contributed by atoms with Crippen molar-refractivity contribution in [2.24, 2.45) is 7.05 Å². The zero-order valence-electron chi connectivity index (χ0n) is 16.6. The Hall–Kier alpha value is -3.28. The van der Waals surface area contributed by atoms with E-state index in [1.807, 2.05) is 68.4 Å². The number of aryl methyl sites for hydroxylation is 1. The highest BCUT2D eigenvalue weighted by Crippen LogP contribution is 2.34. The molecule has 0 aliphatic rings. The van der Waals surface area contributed by atoms with Crippen LogP contribution in [0.25, 0.3) is 10.9 Å². The number of carbonyl (C=O) groups is 1. The molecule has 0 aliphatic carbocycles. The van der Waals surface area contributed by atoms with Gasteiger partial charge in [-0.1, -0.05) is 24.3 Å². The van der Waals surface area contributed by atoms with Crippen molar-refractivity contribution < 1.29 is 9.90 Å². The molecule has 0 radical (unpaired) electrons. The minimum absolute atomic E-state index is 0.115. The number of carbonyl (C=O) groups excluding carboxylic acids is 1. The Bertz CT molecular complexity index is 1070. The predicted octanol–water partition coefficient (Wildman–Crippen LogP) is 2.91. The van der Waals surface area contributed by atoms with Gasteiger partial charge in [0.25, 0.3) is 5.56 Å². The minimum Gasteiger partial charge on any atom is -0.507 e. The number of para-hydroxylation sites is 1. The Labute approximate surface area is 164 Å². The van der Waals surface area contributed by atoms with E-state index in [1.165, 1.54) is 4.57 Å². The predicted molar refractivity (Wildman–Crippen MR) is 113 cm³/mol. The van der Waals surface area contributed by atoms with Crippen molar-refractivity contribution in [2.45, 2.75) is 13.3 Å². The summed E-state index contributed by atoms with van der Waals surface area (Å²) in [6.45, 7) is 2.36. The number of fused-ring (bicyclic) bond motifs is 1. The molecule has 146 valence electrons. The number of likely N-dealkylation sites (N-methyl/N-ethyl adjacent to an activating group) is 1.